The van der Waals surface area contributed by atoms with E-state index in [1.165, 1.54) is 0 Å². The zero-order valence-corrected chi connectivity index (χ0v) is 12.0. The fourth-order valence-corrected chi connectivity index (χ4v) is 2.14. The van der Waals surface area contributed by atoms with Crippen molar-refractivity contribution >= 4 is 0 Å². The highest BCUT2D eigenvalue weighted by molar-refractivity contribution is 5.29. The summed E-state index contributed by atoms with van der Waals surface area (Å²) in [6, 6.07) is 10.8. The molecule has 0 radical (unpaired) electrons. The minimum absolute atomic E-state index is 0.0841. The largest absolute Gasteiger partial charge is 0.435 e. The first-order chi connectivity index (χ1) is 10.1. The zero-order chi connectivity index (χ0) is 15.2. The maximum absolute atomic E-state index is 12.1. The third kappa shape index (κ3) is 4.49. The number of nitrogens with zero attached hydrogens (tertiary/aromatic N) is 1. The SMILES string of the molecule is CC(N[C@@H](C)c1cccnc1)c1ccc(OC(F)F)cc1. The van der Waals surface area contributed by atoms with Gasteiger partial charge in [-0.05, 0) is 43.2 Å². The first-order valence-corrected chi connectivity index (χ1v) is 6.77. The Morgan fingerprint density at radius 3 is 2.24 bits per heavy atom. The highest BCUT2D eigenvalue weighted by atomic mass is 19.3. The molecule has 1 aromatic heterocycles. The fourth-order valence-electron chi connectivity index (χ4n) is 2.14. The quantitative estimate of drug-likeness (QED) is 0.870. The van der Waals surface area contributed by atoms with Crippen LogP contribution in [0.4, 0.5) is 8.78 Å². The molecule has 2 rings (SSSR count). The van der Waals surface area contributed by atoms with Crippen LogP contribution in [0.3, 0.4) is 0 Å². The average molecular weight is 292 g/mol. The van der Waals surface area contributed by atoms with E-state index in [0.717, 1.165) is 11.1 Å². The molecule has 0 spiro atoms. The number of alkyl halides is 2. The second-order valence-electron chi connectivity index (χ2n) is 4.84. The number of hydrogen-bond acceptors (Lipinski definition) is 3. The molecule has 0 bridgehead atoms. The molecule has 1 N–H and O–H groups in total. The van der Waals surface area contributed by atoms with Crippen molar-refractivity contribution < 1.29 is 13.5 Å². The van der Waals surface area contributed by atoms with Gasteiger partial charge in [0.2, 0.25) is 0 Å². The van der Waals surface area contributed by atoms with E-state index in [2.05, 4.69) is 22.0 Å². The number of aromatic nitrogens is 1. The van der Waals surface area contributed by atoms with Gasteiger partial charge in [0.05, 0.1) is 0 Å². The molecule has 0 fully saturated rings. The molecule has 3 nitrogen and oxygen atoms in total. The van der Waals surface area contributed by atoms with Crippen molar-refractivity contribution in [2.24, 2.45) is 0 Å². The van der Waals surface area contributed by atoms with Crippen molar-refractivity contribution in [2.75, 3.05) is 0 Å². The van der Waals surface area contributed by atoms with Crippen LogP contribution in [0, 0.1) is 0 Å². The van der Waals surface area contributed by atoms with Crippen LogP contribution in [0.15, 0.2) is 48.8 Å². The topological polar surface area (TPSA) is 34.2 Å². The van der Waals surface area contributed by atoms with E-state index in [1.54, 1.807) is 30.5 Å². The Labute approximate surface area is 123 Å². The van der Waals surface area contributed by atoms with E-state index in [0.29, 0.717) is 0 Å². The number of rotatable bonds is 6. The van der Waals surface area contributed by atoms with Gasteiger partial charge >= 0.3 is 6.61 Å². The van der Waals surface area contributed by atoms with Crippen LogP contribution in [-0.2, 0) is 0 Å². The maximum atomic E-state index is 12.1. The molecule has 1 unspecified atom stereocenters. The number of ether oxygens (including phenoxy) is 1. The van der Waals surface area contributed by atoms with E-state index in [-0.39, 0.29) is 17.8 Å². The molecule has 1 aromatic carbocycles. The third-order valence-electron chi connectivity index (χ3n) is 3.29. The number of nitrogens with one attached hydrogen (secondary N) is 1. The number of halogens is 2. The van der Waals surface area contributed by atoms with E-state index in [4.69, 9.17) is 0 Å². The second kappa shape index (κ2) is 7.13. The van der Waals surface area contributed by atoms with Crippen molar-refractivity contribution in [3.63, 3.8) is 0 Å². The smallest absolute Gasteiger partial charge is 0.387 e. The number of benzene rings is 1. The minimum atomic E-state index is -2.79. The Balaban J connectivity index is 1.98. The van der Waals surface area contributed by atoms with Crippen molar-refractivity contribution in [2.45, 2.75) is 32.5 Å². The molecule has 112 valence electrons. The van der Waals surface area contributed by atoms with Crippen LogP contribution in [0.5, 0.6) is 5.75 Å². The molecule has 5 heteroatoms. The maximum Gasteiger partial charge on any atom is 0.387 e. The Morgan fingerprint density at radius 2 is 1.67 bits per heavy atom. The number of hydrogen-bond donors (Lipinski definition) is 1. The molecule has 0 aliphatic carbocycles. The first-order valence-electron chi connectivity index (χ1n) is 6.77. The molecule has 1 heterocycles. The molecule has 0 saturated carbocycles. The van der Waals surface area contributed by atoms with Crippen molar-refractivity contribution in [3.8, 4) is 5.75 Å². The molecule has 0 amide bonds. The summed E-state index contributed by atoms with van der Waals surface area (Å²) in [6.45, 7) is 1.29. The summed E-state index contributed by atoms with van der Waals surface area (Å²) in [5.41, 5.74) is 2.11. The van der Waals surface area contributed by atoms with E-state index >= 15 is 0 Å². The lowest BCUT2D eigenvalue weighted by Crippen LogP contribution is -2.22. The average Bonchev–Trinajstić information content (AvgIpc) is 2.48. The molecule has 21 heavy (non-hydrogen) atoms. The van der Waals surface area contributed by atoms with Crippen molar-refractivity contribution in [3.05, 3.63) is 59.9 Å². The third-order valence-corrected chi connectivity index (χ3v) is 3.29. The summed E-state index contributed by atoms with van der Waals surface area (Å²) in [6.07, 6.45) is 3.56. The molecule has 0 aliphatic heterocycles. The van der Waals surface area contributed by atoms with E-state index in [9.17, 15) is 8.78 Å². The Bertz CT molecular complexity index is 546. The first kappa shape index (κ1) is 15.4. The van der Waals surface area contributed by atoms with Crippen LogP contribution in [-0.4, -0.2) is 11.6 Å². The zero-order valence-electron chi connectivity index (χ0n) is 12.0. The van der Waals surface area contributed by atoms with Crippen LogP contribution in [0.25, 0.3) is 0 Å². The van der Waals surface area contributed by atoms with Crippen LogP contribution in [0.1, 0.15) is 37.1 Å². The summed E-state index contributed by atoms with van der Waals surface area (Å²) >= 11 is 0. The summed E-state index contributed by atoms with van der Waals surface area (Å²) in [7, 11) is 0. The number of pyridine rings is 1. The van der Waals surface area contributed by atoms with Crippen molar-refractivity contribution in [1.82, 2.24) is 10.3 Å². The minimum Gasteiger partial charge on any atom is -0.435 e. The lowest BCUT2D eigenvalue weighted by Gasteiger charge is -2.20. The van der Waals surface area contributed by atoms with Crippen LogP contribution < -0.4 is 10.1 Å². The predicted octanol–water partition coefficient (Wildman–Crippen LogP) is 4.09. The second-order valence-corrected chi connectivity index (χ2v) is 4.84. The predicted molar refractivity (Wildman–Crippen MR) is 77.3 cm³/mol. The lowest BCUT2D eigenvalue weighted by atomic mass is 10.1. The molecule has 2 aromatic rings. The normalized spacial score (nSPS) is 14.0. The van der Waals surface area contributed by atoms with Gasteiger partial charge in [-0.25, -0.2) is 0 Å². The highest BCUT2D eigenvalue weighted by Gasteiger charge is 2.12. The van der Waals surface area contributed by atoms with Gasteiger partial charge in [0.1, 0.15) is 5.75 Å². The Kier molecular flexibility index (Phi) is 5.22. The van der Waals surface area contributed by atoms with Gasteiger partial charge in [0.15, 0.2) is 0 Å². The van der Waals surface area contributed by atoms with Gasteiger partial charge in [0.25, 0.3) is 0 Å². The highest BCUT2D eigenvalue weighted by Crippen LogP contribution is 2.22. The van der Waals surface area contributed by atoms with E-state index < -0.39 is 6.61 Å². The molecular formula is C16H18F2N2O. The molecule has 2 atom stereocenters. The summed E-state index contributed by atoms with van der Waals surface area (Å²) < 4.78 is 28.5. The van der Waals surface area contributed by atoms with Crippen LogP contribution in [0.2, 0.25) is 0 Å². The van der Waals surface area contributed by atoms with Gasteiger partial charge in [-0.3, -0.25) is 4.98 Å². The molecule has 0 saturated heterocycles. The lowest BCUT2D eigenvalue weighted by molar-refractivity contribution is -0.0498. The van der Waals surface area contributed by atoms with Gasteiger partial charge in [-0.1, -0.05) is 18.2 Å². The standard InChI is InChI=1S/C16H18F2N2O/c1-11(20-12(2)14-4-3-9-19-10-14)13-5-7-15(8-6-13)21-16(17)18/h3-12,16,20H,1-2H3/t11?,12-/m0/s1. The Hall–Kier alpha value is -2.01. The monoisotopic (exact) mass is 292 g/mol. The summed E-state index contributed by atoms with van der Waals surface area (Å²) in [5.74, 6) is 0.168. The van der Waals surface area contributed by atoms with Gasteiger partial charge in [-0.2, -0.15) is 8.78 Å². The molecular weight excluding hydrogens is 274 g/mol. The van der Waals surface area contributed by atoms with E-state index in [1.807, 2.05) is 25.3 Å². The van der Waals surface area contributed by atoms with Gasteiger partial charge in [-0.15, -0.1) is 0 Å². The van der Waals surface area contributed by atoms with Gasteiger partial charge < -0.3 is 10.1 Å². The summed E-state index contributed by atoms with van der Waals surface area (Å²) in [5, 5.41) is 3.44. The van der Waals surface area contributed by atoms with Crippen molar-refractivity contribution in [1.29, 1.82) is 0 Å². The fraction of sp³-hybridized carbons (Fsp3) is 0.312. The Morgan fingerprint density at radius 1 is 1.00 bits per heavy atom. The molecule has 0 aliphatic rings. The van der Waals surface area contributed by atoms with Gasteiger partial charge in [0, 0.05) is 24.5 Å². The van der Waals surface area contributed by atoms with Crippen LogP contribution >= 0.6 is 0 Å². The summed E-state index contributed by atoms with van der Waals surface area (Å²) in [4.78, 5) is 4.10.